The molecular weight excluding hydrogens is 240 g/mol. The fraction of sp³-hybridized carbons (Fsp3) is 0.0667. The number of fused-ring (bicyclic) bond motifs is 1. The van der Waals surface area contributed by atoms with E-state index in [4.69, 9.17) is 0 Å². The van der Waals surface area contributed by atoms with Crippen molar-refractivity contribution in [2.45, 2.75) is 6.42 Å². The number of amides is 1. The van der Waals surface area contributed by atoms with E-state index in [-0.39, 0.29) is 16.9 Å². The molecule has 19 heavy (non-hydrogen) atoms. The van der Waals surface area contributed by atoms with Crippen molar-refractivity contribution in [1.29, 1.82) is 0 Å². The van der Waals surface area contributed by atoms with Crippen LogP contribution in [0.25, 0.3) is 10.9 Å². The number of rotatable bonds is 2. The maximum atomic E-state index is 12.2. The molecule has 1 aliphatic carbocycles. The molecule has 4 nitrogen and oxygen atoms in total. The van der Waals surface area contributed by atoms with Gasteiger partial charge in [0.2, 0.25) is 5.43 Å². The van der Waals surface area contributed by atoms with Gasteiger partial charge in [0, 0.05) is 29.2 Å². The zero-order chi connectivity index (χ0) is 13.2. The molecule has 0 unspecified atom stereocenters. The van der Waals surface area contributed by atoms with Gasteiger partial charge < -0.3 is 10.3 Å². The number of hydrogen-bond donors (Lipinski definition) is 2. The van der Waals surface area contributed by atoms with Gasteiger partial charge in [0.25, 0.3) is 5.91 Å². The van der Waals surface area contributed by atoms with Crippen LogP contribution >= 0.6 is 0 Å². The van der Waals surface area contributed by atoms with E-state index in [2.05, 4.69) is 10.3 Å². The SMILES string of the molecule is O=C(NC1=CC=CC1)c1c[nH]c2ccccc2c1=O. The van der Waals surface area contributed by atoms with Crippen molar-refractivity contribution in [2.24, 2.45) is 0 Å². The summed E-state index contributed by atoms with van der Waals surface area (Å²) in [7, 11) is 0. The first-order valence-corrected chi connectivity index (χ1v) is 6.03. The zero-order valence-corrected chi connectivity index (χ0v) is 10.1. The predicted molar refractivity (Wildman–Crippen MR) is 73.9 cm³/mol. The Hall–Kier alpha value is -2.62. The third-order valence-corrected chi connectivity index (χ3v) is 3.08. The number of para-hydroxylation sites is 1. The van der Waals surface area contributed by atoms with Crippen molar-refractivity contribution in [1.82, 2.24) is 10.3 Å². The van der Waals surface area contributed by atoms with Gasteiger partial charge in [0.1, 0.15) is 5.56 Å². The summed E-state index contributed by atoms with van der Waals surface area (Å²) < 4.78 is 0. The number of pyridine rings is 1. The summed E-state index contributed by atoms with van der Waals surface area (Å²) in [5.74, 6) is -0.373. The van der Waals surface area contributed by atoms with Crippen LogP contribution in [0.3, 0.4) is 0 Å². The number of aromatic nitrogens is 1. The minimum absolute atomic E-state index is 0.131. The predicted octanol–water partition coefficient (Wildman–Crippen LogP) is 2.10. The highest BCUT2D eigenvalue weighted by molar-refractivity contribution is 5.98. The van der Waals surface area contributed by atoms with E-state index in [9.17, 15) is 9.59 Å². The van der Waals surface area contributed by atoms with Crippen LogP contribution in [0.2, 0.25) is 0 Å². The topological polar surface area (TPSA) is 62.0 Å². The third kappa shape index (κ3) is 2.08. The highest BCUT2D eigenvalue weighted by Gasteiger charge is 2.14. The van der Waals surface area contributed by atoms with Gasteiger partial charge in [0.05, 0.1) is 0 Å². The largest absolute Gasteiger partial charge is 0.360 e. The van der Waals surface area contributed by atoms with E-state index in [1.165, 1.54) is 6.20 Å². The molecule has 1 amide bonds. The van der Waals surface area contributed by atoms with Crippen molar-refractivity contribution in [3.63, 3.8) is 0 Å². The van der Waals surface area contributed by atoms with Crippen LogP contribution in [0.5, 0.6) is 0 Å². The van der Waals surface area contributed by atoms with Gasteiger partial charge in [-0.25, -0.2) is 0 Å². The fourth-order valence-corrected chi connectivity index (χ4v) is 2.09. The number of benzene rings is 1. The Morgan fingerprint density at radius 1 is 1.26 bits per heavy atom. The van der Waals surface area contributed by atoms with Crippen LogP contribution < -0.4 is 10.7 Å². The molecule has 2 aromatic rings. The molecule has 1 aromatic carbocycles. The van der Waals surface area contributed by atoms with Crippen LogP contribution in [-0.4, -0.2) is 10.9 Å². The number of aromatic amines is 1. The molecule has 0 saturated carbocycles. The smallest absolute Gasteiger partial charge is 0.260 e. The Morgan fingerprint density at radius 2 is 2.11 bits per heavy atom. The Balaban J connectivity index is 1.98. The summed E-state index contributed by atoms with van der Waals surface area (Å²) in [6.07, 6.45) is 7.80. The van der Waals surface area contributed by atoms with Crippen molar-refractivity contribution in [2.75, 3.05) is 0 Å². The van der Waals surface area contributed by atoms with Crippen LogP contribution in [0, 0.1) is 0 Å². The summed E-state index contributed by atoms with van der Waals surface area (Å²) in [6.45, 7) is 0. The molecular formula is C15H12N2O2. The second-order valence-electron chi connectivity index (χ2n) is 4.36. The van der Waals surface area contributed by atoms with E-state index in [1.54, 1.807) is 12.1 Å². The lowest BCUT2D eigenvalue weighted by Gasteiger charge is -2.06. The Morgan fingerprint density at radius 3 is 2.89 bits per heavy atom. The fourth-order valence-electron chi connectivity index (χ4n) is 2.09. The Bertz CT molecular complexity index is 769. The minimum Gasteiger partial charge on any atom is -0.360 e. The summed E-state index contributed by atoms with van der Waals surface area (Å²) in [5, 5.41) is 3.26. The summed E-state index contributed by atoms with van der Waals surface area (Å²) in [4.78, 5) is 27.3. The molecule has 0 saturated heterocycles. The van der Waals surface area contributed by atoms with Crippen LogP contribution in [0.1, 0.15) is 16.8 Å². The van der Waals surface area contributed by atoms with Crippen molar-refractivity contribution in [3.05, 3.63) is 70.2 Å². The maximum absolute atomic E-state index is 12.2. The number of carbonyl (C=O) groups is 1. The van der Waals surface area contributed by atoms with Crippen LogP contribution in [0.4, 0.5) is 0 Å². The molecule has 0 bridgehead atoms. The van der Waals surface area contributed by atoms with Crippen molar-refractivity contribution >= 4 is 16.8 Å². The second-order valence-corrected chi connectivity index (χ2v) is 4.36. The van der Waals surface area contributed by atoms with E-state index >= 15 is 0 Å². The summed E-state index contributed by atoms with van der Waals surface area (Å²) in [6, 6.07) is 7.14. The highest BCUT2D eigenvalue weighted by Crippen LogP contribution is 2.09. The molecule has 2 N–H and O–H groups in total. The quantitative estimate of drug-likeness (QED) is 0.859. The van der Waals surface area contributed by atoms with E-state index in [0.29, 0.717) is 11.8 Å². The van der Waals surface area contributed by atoms with Crippen LogP contribution in [-0.2, 0) is 0 Å². The lowest BCUT2D eigenvalue weighted by Crippen LogP contribution is -2.28. The normalized spacial score (nSPS) is 13.6. The minimum atomic E-state index is -0.373. The van der Waals surface area contributed by atoms with Gasteiger partial charge in [-0.1, -0.05) is 24.3 Å². The van der Waals surface area contributed by atoms with E-state index < -0.39 is 0 Å². The first kappa shape index (κ1) is 11.5. The number of nitrogens with one attached hydrogen (secondary N) is 2. The molecule has 3 rings (SSSR count). The number of hydrogen-bond acceptors (Lipinski definition) is 2. The average molecular weight is 252 g/mol. The molecule has 1 aliphatic rings. The van der Waals surface area contributed by atoms with Crippen molar-refractivity contribution in [3.8, 4) is 0 Å². The number of H-pyrrole nitrogens is 1. The monoisotopic (exact) mass is 252 g/mol. The summed E-state index contributed by atoms with van der Waals surface area (Å²) in [5.41, 5.74) is 1.41. The second kappa shape index (κ2) is 4.57. The molecule has 94 valence electrons. The molecule has 0 atom stereocenters. The van der Waals surface area contributed by atoms with Crippen LogP contribution in [0.15, 0.2) is 59.2 Å². The molecule has 0 spiro atoms. The average Bonchev–Trinajstić information content (AvgIpc) is 2.92. The molecule has 4 heteroatoms. The van der Waals surface area contributed by atoms with E-state index in [0.717, 1.165) is 11.2 Å². The van der Waals surface area contributed by atoms with E-state index in [1.807, 2.05) is 30.4 Å². The summed E-state index contributed by atoms with van der Waals surface area (Å²) >= 11 is 0. The Labute approximate surface area is 109 Å². The lowest BCUT2D eigenvalue weighted by atomic mass is 10.1. The Kier molecular flexibility index (Phi) is 2.76. The highest BCUT2D eigenvalue weighted by atomic mass is 16.2. The van der Waals surface area contributed by atoms with Gasteiger partial charge in [-0.3, -0.25) is 9.59 Å². The first-order chi connectivity index (χ1) is 9.25. The number of allylic oxidation sites excluding steroid dienone is 3. The lowest BCUT2D eigenvalue weighted by molar-refractivity contribution is 0.0964. The van der Waals surface area contributed by atoms with Gasteiger partial charge in [-0.15, -0.1) is 0 Å². The standard InChI is InChI=1S/C15H12N2O2/c18-14-11-7-3-4-8-13(11)16-9-12(14)15(19)17-10-5-1-2-6-10/h1-5,7-9H,6H2,(H,16,18)(H,17,19). The molecule has 0 fully saturated rings. The molecule has 0 radical (unpaired) electrons. The van der Waals surface area contributed by atoms with Gasteiger partial charge in [0.15, 0.2) is 0 Å². The maximum Gasteiger partial charge on any atom is 0.260 e. The van der Waals surface area contributed by atoms with Gasteiger partial charge >= 0.3 is 0 Å². The first-order valence-electron chi connectivity index (χ1n) is 6.03. The number of carbonyl (C=O) groups excluding carboxylic acids is 1. The third-order valence-electron chi connectivity index (χ3n) is 3.08. The van der Waals surface area contributed by atoms with Gasteiger partial charge in [-0.2, -0.15) is 0 Å². The molecule has 1 heterocycles. The molecule has 1 aromatic heterocycles. The zero-order valence-electron chi connectivity index (χ0n) is 10.1. The molecule has 0 aliphatic heterocycles. The van der Waals surface area contributed by atoms with Crippen molar-refractivity contribution < 1.29 is 4.79 Å². The van der Waals surface area contributed by atoms with Gasteiger partial charge in [-0.05, 0) is 18.2 Å².